The molecule has 1 aliphatic carbocycles. The summed E-state index contributed by atoms with van der Waals surface area (Å²) in [5.41, 5.74) is 3.18. The molecule has 1 saturated heterocycles. The third kappa shape index (κ3) is 3.03. The summed E-state index contributed by atoms with van der Waals surface area (Å²) >= 11 is 0. The zero-order chi connectivity index (χ0) is 18.4. The first-order valence-electron chi connectivity index (χ1n) is 9.54. The van der Waals surface area contributed by atoms with Crippen LogP contribution >= 0.6 is 0 Å². The predicted molar refractivity (Wildman–Crippen MR) is 102 cm³/mol. The summed E-state index contributed by atoms with van der Waals surface area (Å²) in [4.78, 5) is 17.4. The number of hydrogen-bond acceptors (Lipinski definition) is 4. The van der Waals surface area contributed by atoms with Gasteiger partial charge in [-0.05, 0) is 76.5 Å². The molecule has 0 radical (unpaired) electrons. The Balaban J connectivity index is 1.58. The van der Waals surface area contributed by atoms with Crippen molar-refractivity contribution in [2.75, 3.05) is 27.2 Å². The second-order valence-electron chi connectivity index (χ2n) is 7.99. The van der Waals surface area contributed by atoms with Gasteiger partial charge in [0.2, 0.25) is 0 Å². The number of amides is 1. The number of rotatable bonds is 2. The molecule has 0 spiro atoms. The van der Waals surface area contributed by atoms with Crippen LogP contribution in [-0.4, -0.2) is 61.1 Å². The number of hydrogen-bond donors (Lipinski definition) is 0. The molecule has 1 amide bonds. The first kappa shape index (κ1) is 17.6. The van der Waals surface area contributed by atoms with E-state index in [1.807, 2.05) is 17.0 Å². The van der Waals surface area contributed by atoms with Gasteiger partial charge < -0.3 is 19.0 Å². The van der Waals surface area contributed by atoms with Crippen molar-refractivity contribution in [1.82, 2.24) is 9.80 Å². The topological polar surface area (TPSA) is 45.9 Å². The van der Waals surface area contributed by atoms with Crippen LogP contribution < -0.4 is 0 Å². The van der Waals surface area contributed by atoms with Crippen molar-refractivity contribution in [3.8, 4) is 0 Å². The Morgan fingerprint density at radius 3 is 2.69 bits per heavy atom. The van der Waals surface area contributed by atoms with Crippen molar-refractivity contribution < 1.29 is 13.9 Å². The number of fused-ring (bicyclic) bond motifs is 2. The summed E-state index contributed by atoms with van der Waals surface area (Å²) in [6.45, 7) is 5.39. The Bertz CT molecular complexity index is 787. The summed E-state index contributed by atoms with van der Waals surface area (Å²) < 4.78 is 11.9. The maximum Gasteiger partial charge on any atom is 0.290 e. The monoisotopic (exact) mass is 356 g/mol. The minimum Gasteiger partial charge on any atom is -0.451 e. The maximum atomic E-state index is 13.2. The van der Waals surface area contributed by atoms with Crippen LogP contribution in [0, 0.1) is 13.8 Å². The van der Waals surface area contributed by atoms with Gasteiger partial charge in [0.25, 0.3) is 5.91 Å². The highest BCUT2D eigenvalue weighted by atomic mass is 16.5. The third-order valence-corrected chi connectivity index (χ3v) is 6.13. The number of ether oxygens (including phenoxy) is 1. The highest BCUT2D eigenvalue weighted by Crippen LogP contribution is 2.32. The van der Waals surface area contributed by atoms with E-state index in [1.165, 1.54) is 11.1 Å². The largest absolute Gasteiger partial charge is 0.451 e. The lowest BCUT2D eigenvalue weighted by Gasteiger charge is -2.46. The molecule has 0 unspecified atom stereocenters. The average molecular weight is 356 g/mol. The summed E-state index contributed by atoms with van der Waals surface area (Å²) in [6, 6.07) is 6.69. The summed E-state index contributed by atoms with van der Waals surface area (Å²) in [7, 11) is 4.24. The van der Waals surface area contributed by atoms with E-state index < -0.39 is 0 Å². The van der Waals surface area contributed by atoms with Gasteiger partial charge in [-0.2, -0.15) is 0 Å². The van der Waals surface area contributed by atoms with Gasteiger partial charge in [0.1, 0.15) is 5.58 Å². The van der Waals surface area contributed by atoms with Crippen molar-refractivity contribution >= 4 is 16.9 Å². The molecule has 0 N–H and O–H groups in total. The number of carbonyl (C=O) groups excluding carboxylic acids is 1. The molecule has 0 bridgehead atoms. The standard InChI is InChI=1S/C21H28N2O3/c1-13-9-15-11-20(26-18(15)10-14(13)2)21(24)23-7-8-25-19-12-16(22(3)4)5-6-17(19)23/h9-11,16-17,19H,5-8,12H2,1-4H3/t16-,17+,19-/m1/s1. The van der Waals surface area contributed by atoms with Crippen LogP contribution in [0.3, 0.4) is 0 Å². The molecule has 1 saturated carbocycles. The Hall–Kier alpha value is -1.85. The molecule has 5 heteroatoms. The molecular weight excluding hydrogens is 328 g/mol. The zero-order valence-electron chi connectivity index (χ0n) is 16.1. The fourth-order valence-corrected chi connectivity index (χ4v) is 4.37. The zero-order valence-corrected chi connectivity index (χ0v) is 16.1. The van der Waals surface area contributed by atoms with Gasteiger partial charge in [-0.3, -0.25) is 4.79 Å². The molecule has 4 rings (SSSR count). The number of carbonyl (C=O) groups is 1. The van der Waals surface area contributed by atoms with Crippen molar-refractivity contribution in [3.63, 3.8) is 0 Å². The number of nitrogens with zero attached hydrogens (tertiary/aromatic N) is 2. The number of furan rings is 1. The number of aryl methyl sites for hydroxylation is 2. The number of morpholine rings is 1. The molecule has 26 heavy (non-hydrogen) atoms. The van der Waals surface area contributed by atoms with Crippen LogP contribution in [0.15, 0.2) is 22.6 Å². The smallest absolute Gasteiger partial charge is 0.290 e. The van der Waals surface area contributed by atoms with Crippen LogP contribution in [0.25, 0.3) is 11.0 Å². The van der Waals surface area contributed by atoms with Gasteiger partial charge >= 0.3 is 0 Å². The Kier molecular flexibility index (Phi) is 4.53. The molecule has 2 aromatic rings. The summed E-state index contributed by atoms with van der Waals surface area (Å²) in [6.07, 6.45) is 3.19. The molecular formula is C21H28N2O3. The Morgan fingerprint density at radius 2 is 1.92 bits per heavy atom. The van der Waals surface area contributed by atoms with Crippen molar-refractivity contribution in [2.45, 2.75) is 51.3 Å². The maximum absolute atomic E-state index is 13.2. The van der Waals surface area contributed by atoms with Gasteiger partial charge in [-0.1, -0.05) is 0 Å². The van der Waals surface area contributed by atoms with Crippen molar-refractivity contribution in [2.24, 2.45) is 0 Å². The van der Waals surface area contributed by atoms with Crippen molar-refractivity contribution in [3.05, 3.63) is 35.1 Å². The van der Waals surface area contributed by atoms with Gasteiger partial charge in [0.05, 0.1) is 18.8 Å². The van der Waals surface area contributed by atoms with E-state index in [9.17, 15) is 4.79 Å². The summed E-state index contributed by atoms with van der Waals surface area (Å²) in [5.74, 6) is 0.443. The van der Waals surface area contributed by atoms with E-state index in [2.05, 4.69) is 38.9 Å². The fraction of sp³-hybridized carbons (Fsp3) is 0.571. The second-order valence-corrected chi connectivity index (χ2v) is 7.99. The van der Waals surface area contributed by atoms with Gasteiger partial charge in [-0.25, -0.2) is 0 Å². The van der Waals surface area contributed by atoms with E-state index in [4.69, 9.17) is 9.15 Å². The molecule has 5 nitrogen and oxygen atoms in total. The summed E-state index contributed by atoms with van der Waals surface area (Å²) in [5, 5.41) is 0.998. The molecule has 1 aliphatic heterocycles. The highest BCUT2D eigenvalue weighted by molar-refractivity contribution is 5.96. The van der Waals surface area contributed by atoms with E-state index in [-0.39, 0.29) is 18.1 Å². The van der Waals surface area contributed by atoms with Crippen LogP contribution in [0.1, 0.15) is 40.9 Å². The van der Waals surface area contributed by atoms with Gasteiger partial charge in [0.15, 0.2) is 5.76 Å². The third-order valence-electron chi connectivity index (χ3n) is 6.13. The lowest BCUT2D eigenvalue weighted by molar-refractivity contribution is -0.0882. The Labute approximate surface area is 154 Å². The lowest BCUT2D eigenvalue weighted by Crippen LogP contribution is -2.57. The van der Waals surface area contributed by atoms with Gasteiger partial charge in [0, 0.05) is 18.0 Å². The Morgan fingerprint density at radius 1 is 1.15 bits per heavy atom. The highest BCUT2D eigenvalue weighted by Gasteiger charge is 2.41. The van der Waals surface area contributed by atoms with Gasteiger partial charge in [-0.15, -0.1) is 0 Å². The van der Waals surface area contributed by atoms with E-state index in [1.54, 1.807) is 0 Å². The normalized spacial score (nSPS) is 26.3. The van der Waals surface area contributed by atoms with E-state index >= 15 is 0 Å². The minimum absolute atomic E-state index is 0.00175. The molecule has 1 aromatic heterocycles. The molecule has 2 aliphatic rings. The quantitative estimate of drug-likeness (QED) is 0.828. The minimum atomic E-state index is -0.00175. The van der Waals surface area contributed by atoms with Crippen LogP contribution in [0.4, 0.5) is 0 Å². The molecule has 2 heterocycles. The SMILES string of the molecule is Cc1cc2cc(C(=O)N3CCO[C@@H]4C[C@H](N(C)C)CC[C@@H]43)oc2cc1C. The number of benzene rings is 1. The second kappa shape index (κ2) is 6.71. The van der Waals surface area contributed by atoms with Crippen LogP contribution in [0.2, 0.25) is 0 Å². The van der Waals surface area contributed by atoms with Crippen molar-refractivity contribution in [1.29, 1.82) is 0 Å². The average Bonchev–Trinajstić information content (AvgIpc) is 3.03. The molecule has 2 fully saturated rings. The van der Waals surface area contributed by atoms with Crippen LogP contribution in [-0.2, 0) is 4.74 Å². The van der Waals surface area contributed by atoms with E-state index in [0.29, 0.717) is 25.0 Å². The molecule has 3 atom stereocenters. The molecule has 1 aromatic carbocycles. The first-order valence-corrected chi connectivity index (χ1v) is 9.54. The van der Waals surface area contributed by atoms with Crippen LogP contribution in [0.5, 0.6) is 0 Å². The first-order chi connectivity index (χ1) is 12.4. The lowest BCUT2D eigenvalue weighted by atomic mass is 9.86. The van der Waals surface area contributed by atoms with E-state index in [0.717, 1.165) is 30.2 Å². The molecule has 140 valence electrons. The predicted octanol–water partition coefficient (Wildman–Crippen LogP) is 3.37. The fourth-order valence-electron chi connectivity index (χ4n) is 4.37.